The van der Waals surface area contributed by atoms with E-state index >= 15 is 0 Å². The molecule has 0 saturated heterocycles. The summed E-state index contributed by atoms with van der Waals surface area (Å²) >= 11 is 2.78. The summed E-state index contributed by atoms with van der Waals surface area (Å²) in [5.41, 5.74) is -0.0391. The van der Waals surface area contributed by atoms with Crippen LogP contribution in [0.15, 0.2) is 18.2 Å². The molecule has 4 nitrogen and oxygen atoms in total. The zero-order chi connectivity index (χ0) is 11.5. The molecule has 7 heteroatoms. The van der Waals surface area contributed by atoms with Gasteiger partial charge in [0.15, 0.2) is 0 Å². The molecule has 0 amide bonds. The Morgan fingerprint density at radius 3 is 2.67 bits per heavy atom. The first kappa shape index (κ1) is 11.9. The Morgan fingerprint density at radius 2 is 2.20 bits per heavy atom. The molecular formula is C8H6BrFN2O2S. The van der Waals surface area contributed by atoms with Crippen molar-refractivity contribution in [1.29, 1.82) is 5.26 Å². The topological polar surface area (TPSA) is 70.0 Å². The average Bonchev–Trinajstić information content (AvgIpc) is 2.17. The van der Waals surface area contributed by atoms with E-state index < -0.39 is 15.8 Å². The fourth-order valence-electron chi connectivity index (χ4n) is 0.876. The van der Waals surface area contributed by atoms with Crippen LogP contribution < -0.4 is 4.72 Å². The van der Waals surface area contributed by atoms with Crippen molar-refractivity contribution < 1.29 is 12.8 Å². The summed E-state index contributed by atoms with van der Waals surface area (Å²) in [7, 11) is -3.49. The van der Waals surface area contributed by atoms with Crippen LogP contribution >= 0.6 is 15.9 Å². The molecule has 1 rings (SSSR count). The highest BCUT2D eigenvalue weighted by Gasteiger charge is 2.09. The van der Waals surface area contributed by atoms with Gasteiger partial charge in [-0.05, 0) is 18.2 Å². The van der Waals surface area contributed by atoms with Crippen molar-refractivity contribution in [2.45, 2.75) is 0 Å². The molecule has 0 heterocycles. The fraction of sp³-hybridized carbons (Fsp3) is 0.125. The molecule has 0 radical (unpaired) electrons. The standard InChI is InChI=1S/C8H6BrFN2O2S/c9-5-15(13,14)12-7-2-1-6(4-11)8(10)3-7/h1-3,12H,5H2. The van der Waals surface area contributed by atoms with Crippen LogP contribution in [0.2, 0.25) is 0 Å². The summed E-state index contributed by atoms with van der Waals surface area (Å²) in [6, 6.07) is 5.13. The van der Waals surface area contributed by atoms with Crippen LogP contribution in [0, 0.1) is 17.1 Å². The first-order valence-electron chi connectivity index (χ1n) is 3.74. The number of halogens is 2. The third kappa shape index (κ3) is 3.18. The van der Waals surface area contributed by atoms with E-state index in [0.717, 1.165) is 6.07 Å². The lowest BCUT2D eigenvalue weighted by atomic mass is 10.2. The Bertz CT molecular complexity index is 510. The van der Waals surface area contributed by atoms with Gasteiger partial charge in [0, 0.05) is 0 Å². The van der Waals surface area contributed by atoms with E-state index in [1.165, 1.54) is 12.1 Å². The predicted molar refractivity (Wildman–Crippen MR) is 57.5 cm³/mol. The van der Waals surface area contributed by atoms with Gasteiger partial charge in [-0.2, -0.15) is 5.26 Å². The summed E-state index contributed by atoms with van der Waals surface area (Å²) in [4.78, 5) is 0. The fourth-order valence-corrected chi connectivity index (χ4v) is 1.76. The van der Waals surface area contributed by atoms with E-state index in [4.69, 9.17) is 5.26 Å². The third-order valence-corrected chi connectivity index (χ3v) is 4.15. The van der Waals surface area contributed by atoms with Gasteiger partial charge in [-0.3, -0.25) is 4.72 Å². The van der Waals surface area contributed by atoms with Gasteiger partial charge in [-0.25, -0.2) is 12.8 Å². The van der Waals surface area contributed by atoms with Crippen LogP contribution in [0.25, 0.3) is 0 Å². The molecule has 0 saturated carbocycles. The largest absolute Gasteiger partial charge is 0.283 e. The van der Waals surface area contributed by atoms with Crippen molar-refractivity contribution in [2.75, 3.05) is 9.38 Å². The molecule has 0 aliphatic rings. The number of benzene rings is 1. The summed E-state index contributed by atoms with van der Waals surface area (Å²) in [5, 5.41) is 8.45. The number of nitriles is 1. The Labute approximate surface area is 94.9 Å². The van der Waals surface area contributed by atoms with Crippen molar-refractivity contribution in [3.8, 4) is 6.07 Å². The summed E-state index contributed by atoms with van der Waals surface area (Å²) in [6.07, 6.45) is 0. The molecular weight excluding hydrogens is 287 g/mol. The molecule has 0 unspecified atom stereocenters. The number of rotatable bonds is 3. The van der Waals surface area contributed by atoms with Gasteiger partial charge in [-0.15, -0.1) is 0 Å². The van der Waals surface area contributed by atoms with Gasteiger partial charge < -0.3 is 0 Å². The first-order chi connectivity index (χ1) is 6.98. The van der Waals surface area contributed by atoms with Crippen molar-refractivity contribution in [3.63, 3.8) is 0 Å². The molecule has 0 bridgehead atoms. The van der Waals surface area contributed by atoms with Crippen LogP contribution in [-0.2, 0) is 10.0 Å². The molecule has 80 valence electrons. The van der Waals surface area contributed by atoms with E-state index in [-0.39, 0.29) is 15.9 Å². The van der Waals surface area contributed by atoms with Crippen molar-refractivity contribution in [2.24, 2.45) is 0 Å². The zero-order valence-electron chi connectivity index (χ0n) is 7.37. The lowest BCUT2D eigenvalue weighted by molar-refractivity contribution is 0.605. The van der Waals surface area contributed by atoms with E-state index in [2.05, 4.69) is 20.7 Å². The highest BCUT2D eigenvalue weighted by atomic mass is 79.9. The maximum Gasteiger partial charge on any atom is 0.242 e. The van der Waals surface area contributed by atoms with Crippen LogP contribution in [0.4, 0.5) is 10.1 Å². The van der Waals surface area contributed by atoms with Gasteiger partial charge in [0.1, 0.15) is 16.5 Å². The van der Waals surface area contributed by atoms with Gasteiger partial charge in [-0.1, -0.05) is 15.9 Å². The molecule has 0 aliphatic heterocycles. The minimum absolute atomic E-state index is 0.0888. The minimum atomic E-state index is -3.49. The van der Waals surface area contributed by atoms with E-state index in [1.54, 1.807) is 6.07 Å². The summed E-state index contributed by atoms with van der Waals surface area (Å²) in [5.74, 6) is -0.757. The monoisotopic (exact) mass is 292 g/mol. The van der Waals surface area contributed by atoms with E-state index in [0.29, 0.717) is 0 Å². The lowest BCUT2D eigenvalue weighted by Crippen LogP contribution is -2.13. The van der Waals surface area contributed by atoms with Crippen LogP contribution in [0.1, 0.15) is 5.56 Å². The molecule has 0 fully saturated rings. The van der Waals surface area contributed by atoms with Crippen LogP contribution in [0.5, 0.6) is 0 Å². The Balaban J connectivity index is 3.01. The number of hydrogen-bond acceptors (Lipinski definition) is 3. The molecule has 0 atom stereocenters. The number of alkyl halides is 1. The number of nitrogens with one attached hydrogen (secondary N) is 1. The van der Waals surface area contributed by atoms with E-state index in [1.807, 2.05) is 0 Å². The molecule has 15 heavy (non-hydrogen) atoms. The highest BCUT2D eigenvalue weighted by molar-refractivity contribution is 9.10. The minimum Gasteiger partial charge on any atom is -0.283 e. The number of nitrogens with zero attached hydrogens (tertiary/aromatic N) is 1. The normalized spacial score (nSPS) is 10.7. The zero-order valence-corrected chi connectivity index (χ0v) is 9.77. The molecule has 1 aromatic carbocycles. The molecule has 0 aromatic heterocycles. The van der Waals surface area contributed by atoms with Crippen molar-refractivity contribution in [1.82, 2.24) is 0 Å². The van der Waals surface area contributed by atoms with Crippen molar-refractivity contribution in [3.05, 3.63) is 29.6 Å². The molecule has 1 aromatic rings. The van der Waals surface area contributed by atoms with Gasteiger partial charge in [0.2, 0.25) is 10.0 Å². The number of hydrogen-bond donors (Lipinski definition) is 1. The second-order valence-corrected chi connectivity index (χ2v) is 5.66. The lowest BCUT2D eigenvalue weighted by Gasteiger charge is -2.05. The third-order valence-electron chi connectivity index (χ3n) is 1.51. The summed E-state index contributed by atoms with van der Waals surface area (Å²) < 4.78 is 37.1. The smallest absolute Gasteiger partial charge is 0.242 e. The Hall–Kier alpha value is -1.13. The first-order valence-corrected chi connectivity index (χ1v) is 6.52. The Kier molecular flexibility index (Phi) is 3.66. The van der Waals surface area contributed by atoms with Crippen LogP contribution in [0.3, 0.4) is 0 Å². The number of sulfonamides is 1. The Morgan fingerprint density at radius 1 is 1.53 bits per heavy atom. The van der Waals surface area contributed by atoms with Gasteiger partial charge >= 0.3 is 0 Å². The van der Waals surface area contributed by atoms with Crippen LogP contribution in [-0.4, -0.2) is 13.1 Å². The SMILES string of the molecule is N#Cc1ccc(NS(=O)(=O)CBr)cc1F. The van der Waals surface area contributed by atoms with Crippen molar-refractivity contribution >= 4 is 31.6 Å². The molecule has 1 N–H and O–H groups in total. The molecule has 0 spiro atoms. The predicted octanol–water partition coefficient (Wildman–Crippen LogP) is 1.79. The second-order valence-electron chi connectivity index (χ2n) is 2.63. The maximum atomic E-state index is 13.1. The second kappa shape index (κ2) is 4.59. The van der Waals surface area contributed by atoms with Gasteiger partial charge in [0.25, 0.3) is 0 Å². The quantitative estimate of drug-likeness (QED) is 0.864. The number of anilines is 1. The van der Waals surface area contributed by atoms with Gasteiger partial charge in [0.05, 0.1) is 11.3 Å². The average molecular weight is 293 g/mol. The maximum absolute atomic E-state index is 13.1. The summed E-state index contributed by atoms with van der Waals surface area (Å²) in [6.45, 7) is 0. The molecule has 0 aliphatic carbocycles. The highest BCUT2D eigenvalue weighted by Crippen LogP contribution is 2.15. The van der Waals surface area contributed by atoms with E-state index in [9.17, 15) is 12.8 Å².